The van der Waals surface area contributed by atoms with Crippen molar-refractivity contribution in [3.8, 4) is 11.5 Å². The number of anilines is 1. The van der Waals surface area contributed by atoms with E-state index in [9.17, 15) is 9.59 Å². The highest BCUT2D eigenvalue weighted by molar-refractivity contribution is 5.92. The highest BCUT2D eigenvalue weighted by Gasteiger charge is 2.24. The molecule has 0 atom stereocenters. The zero-order valence-electron chi connectivity index (χ0n) is 14.6. The van der Waals surface area contributed by atoms with E-state index in [1.807, 2.05) is 53.4 Å². The molecule has 1 heterocycles. The molecule has 0 aromatic heterocycles. The lowest BCUT2D eigenvalue weighted by Crippen LogP contribution is -2.42. The van der Waals surface area contributed by atoms with Gasteiger partial charge in [-0.15, -0.1) is 0 Å². The maximum Gasteiger partial charge on any atom is 0.238 e. The van der Waals surface area contributed by atoms with Crippen LogP contribution in [-0.2, 0) is 9.59 Å². The van der Waals surface area contributed by atoms with Gasteiger partial charge in [0.2, 0.25) is 11.8 Å². The molecule has 1 aliphatic heterocycles. The van der Waals surface area contributed by atoms with Crippen LogP contribution in [0.4, 0.5) is 5.69 Å². The van der Waals surface area contributed by atoms with Gasteiger partial charge in [0.25, 0.3) is 0 Å². The monoisotopic (exact) mass is 353 g/mol. The van der Waals surface area contributed by atoms with Crippen molar-refractivity contribution in [2.24, 2.45) is 11.7 Å². The molecular formula is C20H23N3O3. The fourth-order valence-corrected chi connectivity index (χ4v) is 3.04. The fraction of sp³-hybridized carbons (Fsp3) is 0.300. The number of hydrogen-bond acceptors (Lipinski definition) is 4. The van der Waals surface area contributed by atoms with Crippen LogP contribution in [0.1, 0.15) is 12.8 Å². The third-order valence-electron chi connectivity index (χ3n) is 4.45. The maximum atomic E-state index is 12.3. The molecule has 2 amide bonds. The average Bonchev–Trinajstić information content (AvgIpc) is 2.63. The second kappa shape index (κ2) is 8.49. The van der Waals surface area contributed by atoms with E-state index in [1.165, 1.54) is 0 Å². The minimum absolute atomic E-state index is 0.0684. The largest absolute Gasteiger partial charge is 0.457 e. The van der Waals surface area contributed by atoms with Gasteiger partial charge in [-0.05, 0) is 50.2 Å². The standard InChI is InChI=1S/C20H23N3O3/c21-20(25)15-9-11-23(12-10-15)14-19(24)22-16-5-4-8-18(13-16)26-17-6-2-1-3-7-17/h1-8,13,15H,9-12,14H2,(H2,21,25)(H,22,24). The summed E-state index contributed by atoms with van der Waals surface area (Å²) in [5.74, 6) is 1.01. The second-order valence-electron chi connectivity index (χ2n) is 6.44. The molecule has 3 N–H and O–H groups in total. The number of nitrogens with two attached hydrogens (primary N) is 1. The summed E-state index contributed by atoms with van der Waals surface area (Å²) in [5.41, 5.74) is 6.03. The van der Waals surface area contributed by atoms with Gasteiger partial charge in [0, 0.05) is 17.7 Å². The Bertz CT molecular complexity index is 756. The molecular weight excluding hydrogens is 330 g/mol. The molecule has 0 unspecified atom stereocenters. The lowest BCUT2D eigenvalue weighted by Gasteiger charge is -2.29. The van der Waals surface area contributed by atoms with Crippen LogP contribution >= 0.6 is 0 Å². The summed E-state index contributed by atoms with van der Waals surface area (Å²) >= 11 is 0. The molecule has 1 aliphatic rings. The first-order valence-corrected chi connectivity index (χ1v) is 8.74. The van der Waals surface area contributed by atoms with E-state index in [-0.39, 0.29) is 17.7 Å². The normalized spacial score (nSPS) is 15.4. The molecule has 1 fully saturated rings. The number of piperidine rings is 1. The van der Waals surface area contributed by atoms with Crippen LogP contribution in [-0.4, -0.2) is 36.3 Å². The molecule has 26 heavy (non-hydrogen) atoms. The second-order valence-corrected chi connectivity index (χ2v) is 6.44. The van der Waals surface area contributed by atoms with E-state index in [4.69, 9.17) is 10.5 Å². The van der Waals surface area contributed by atoms with Crippen LogP contribution in [0.15, 0.2) is 54.6 Å². The van der Waals surface area contributed by atoms with Gasteiger partial charge in [-0.1, -0.05) is 24.3 Å². The van der Waals surface area contributed by atoms with Crippen LogP contribution in [0.5, 0.6) is 11.5 Å². The minimum Gasteiger partial charge on any atom is -0.457 e. The first kappa shape index (κ1) is 17.9. The zero-order chi connectivity index (χ0) is 18.4. The van der Waals surface area contributed by atoms with Crippen molar-refractivity contribution in [2.75, 3.05) is 25.0 Å². The first-order valence-electron chi connectivity index (χ1n) is 8.74. The van der Waals surface area contributed by atoms with Crippen LogP contribution in [0, 0.1) is 5.92 Å². The molecule has 0 spiro atoms. The van der Waals surface area contributed by atoms with E-state index in [0.29, 0.717) is 43.9 Å². The number of carbonyl (C=O) groups is 2. The van der Waals surface area contributed by atoms with Crippen molar-refractivity contribution in [1.82, 2.24) is 4.90 Å². The minimum atomic E-state index is -0.246. The summed E-state index contributed by atoms with van der Waals surface area (Å²) in [4.78, 5) is 25.5. The number of primary amides is 1. The third kappa shape index (κ3) is 5.07. The van der Waals surface area contributed by atoms with Gasteiger partial charge in [0.15, 0.2) is 0 Å². The van der Waals surface area contributed by atoms with Crippen molar-refractivity contribution in [2.45, 2.75) is 12.8 Å². The van der Waals surface area contributed by atoms with Gasteiger partial charge in [-0.25, -0.2) is 0 Å². The molecule has 1 saturated heterocycles. The van der Waals surface area contributed by atoms with Crippen molar-refractivity contribution in [1.29, 1.82) is 0 Å². The summed E-state index contributed by atoms with van der Waals surface area (Å²) in [6, 6.07) is 16.8. The SMILES string of the molecule is NC(=O)C1CCN(CC(=O)Nc2cccc(Oc3ccccc3)c2)CC1. The Morgan fingerprint density at radius 3 is 2.42 bits per heavy atom. The van der Waals surface area contributed by atoms with Crippen LogP contribution in [0.3, 0.4) is 0 Å². The van der Waals surface area contributed by atoms with Crippen LogP contribution in [0.2, 0.25) is 0 Å². The summed E-state index contributed by atoms with van der Waals surface area (Å²) < 4.78 is 5.78. The Morgan fingerprint density at radius 1 is 1.04 bits per heavy atom. The molecule has 0 aliphatic carbocycles. The van der Waals surface area contributed by atoms with Gasteiger partial charge >= 0.3 is 0 Å². The number of benzene rings is 2. The van der Waals surface area contributed by atoms with E-state index >= 15 is 0 Å². The molecule has 2 aromatic carbocycles. The summed E-state index contributed by atoms with van der Waals surface area (Å²) in [6.07, 6.45) is 1.42. The highest BCUT2D eigenvalue weighted by atomic mass is 16.5. The highest BCUT2D eigenvalue weighted by Crippen LogP contribution is 2.24. The Morgan fingerprint density at radius 2 is 1.73 bits per heavy atom. The van der Waals surface area contributed by atoms with Crippen molar-refractivity contribution in [3.63, 3.8) is 0 Å². The number of rotatable bonds is 6. The predicted molar refractivity (Wildman–Crippen MR) is 99.9 cm³/mol. The fourth-order valence-electron chi connectivity index (χ4n) is 3.04. The Balaban J connectivity index is 1.52. The van der Waals surface area contributed by atoms with E-state index < -0.39 is 0 Å². The lowest BCUT2D eigenvalue weighted by molar-refractivity contribution is -0.123. The van der Waals surface area contributed by atoms with Crippen molar-refractivity contribution >= 4 is 17.5 Å². The summed E-state index contributed by atoms with van der Waals surface area (Å²) in [5, 5.41) is 2.90. The third-order valence-corrected chi connectivity index (χ3v) is 4.45. The number of amides is 2. The maximum absolute atomic E-state index is 12.3. The Labute approximate surface area is 152 Å². The summed E-state index contributed by atoms with van der Waals surface area (Å²) in [7, 11) is 0. The van der Waals surface area contributed by atoms with Crippen molar-refractivity contribution < 1.29 is 14.3 Å². The molecule has 6 heteroatoms. The van der Waals surface area contributed by atoms with E-state index in [1.54, 1.807) is 6.07 Å². The average molecular weight is 353 g/mol. The topological polar surface area (TPSA) is 84.7 Å². The van der Waals surface area contributed by atoms with Gasteiger partial charge in [0.05, 0.1) is 6.54 Å². The smallest absolute Gasteiger partial charge is 0.238 e. The Hall–Kier alpha value is -2.86. The number of hydrogen-bond donors (Lipinski definition) is 2. The molecule has 0 radical (unpaired) electrons. The lowest BCUT2D eigenvalue weighted by atomic mass is 9.96. The van der Waals surface area contributed by atoms with Gasteiger partial charge < -0.3 is 15.8 Å². The molecule has 3 rings (SSSR count). The number of para-hydroxylation sites is 1. The molecule has 6 nitrogen and oxygen atoms in total. The first-order chi connectivity index (χ1) is 12.6. The van der Waals surface area contributed by atoms with Crippen LogP contribution < -0.4 is 15.8 Å². The molecule has 0 bridgehead atoms. The van der Waals surface area contributed by atoms with E-state index in [0.717, 1.165) is 5.75 Å². The van der Waals surface area contributed by atoms with Crippen molar-refractivity contribution in [3.05, 3.63) is 54.6 Å². The number of ether oxygens (including phenoxy) is 1. The summed E-state index contributed by atoms with van der Waals surface area (Å²) in [6.45, 7) is 1.71. The van der Waals surface area contributed by atoms with Gasteiger partial charge in [-0.3, -0.25) is 14.5 Å². The van der Waals surface area contributed by atoms with Crippen LogP contribution in [0.25, 0.3) is 0 Å². The Kier molecular flexibility index (Phi) is 5.86. The number of likely N-dealkylation sites (tertiary alicyclic amines) is 1. The van der Waals surface area contributed by atoms with E-state index in [2.05, 4.69) is 5.32 Å². The quantitative estimate of drug-likeness (QED) is 0.836. The number of nitrogens with one attached hydrogen (secondary N) is 1. The molecule has 2 aromatic rings. The van der Waals surface area contributed by atoms with Gasteiger partial charge in [-0.2, -0.15) is 0 Å². The predicted octanol–water partition coefficient (Wildman–Crippen LogP) is 2.61. The molecule has 136 valence electrons. The molecule has 0 saturated carbocycles. The number of nitrogens with zero attached hydrogens (tertiary/aromatic N) is 1. The van der Waals surface area contributed by atoms with Gasteiger partial charge in [0.1, 0.15) is 11.5 Å². The number of carbonyl (C=O) groups excluding carboxylic acids is 2. The zero-order valence-corrected chi connectivity index (χ0v) is 14.6.